The second-order valence-electron chi connectivity index (χ2n) is 10.9. The number of carbonyl (C=O) groups is 3. The van der Waals surface area contributed by atoms with Gasteiger partial charge in [0.25, 0.3) is 8.32 Å². The molecule has 9 heteroatoms. The Morgan fingerprint density at radius 1 is 0.892 bits per heavy atom. The molecule has 2 aromatic carbocycles. The normalized spacial score (nSPS) is 13.8. The minimum absolute atomic E-state index is 0.271. The number of alkyl carbamates (subject to hydrolysis) is 1. The molecule has 0 aliphatic heterocycles. The molecule has 1 unspecified atom stereocenters. The van der Waals surface area contributed by atoms with Crippen LogP contribution >= 0.6 is 0 Å². The van der Waals surface area contributed by atoms with Crippen LogP contribution in [0.1, 0.15) is 48.0 Å². The number of hydrogen-bond acceptors (Lipinski definition) is 7. The number of nitrogens with one attached hydrogen (secondary N) is 1. The number of esters is 1. The van der Waals surface area contributed by atoms with Crippen molar-refractivity contribution in [1.82, 2.24) is 5.32 Å². The number of Topliss-reactive ketones (excluding diaryl/α,β-unsaturated/α-hetero) is 1. The van der Waals surface area contributed by atoms with Gasteiger partial charge in [-0.2, -0.15) is 0 Å². The van der Waals surface area contributed by atoms with E-state index in [2.05, 4.69) is 26.1 Å². The summed E-state index contributed by atoms with van der Waals surface area (Å²) in [5.41, 5.74) is -0.794. The highest BCUT2D eigenvalue weighted by Crippen LogP contribution is 2.36. The van der Waals surface area contributed by atoms with Gasteiger partial charge in [-0.15, -0.1) is 0 Å². The Labute approximate surface area is 220 Å². The van der Waals surface area contributed by atoms with Crippen LogP contribution in [-0.2, 0) is 23.5 Å². The summed E-state index contributed by atoms with van der Waals surface area (Å²) in [6.07, 6.45) is -2.86. The molecule has 1 amide bonds. The zero-order chi connectivity index (χ0) is 27.9. The summed E-state index contributed by atoms with van der Waals surface area (Å²) >= 11 is 0. The van der Waals surface area contributed by atoms with Gasteiger partial charge < -0.3 is 24.3 Å². The molecular weight excluding hydrogens is 490 g/mol. The Kier molecular flexibility index (Phi) is 10.2. The van der Waals surface area contributed by atoms with Crippen molar-refractivity contribution in [3.05, 3.63) is 60.7 Å². The van der Waals surface area contributed by atoms with Crippen LogP contribution in [0.4, 0.5) is 4.79 Å². The fourth-order valence-electron chi connectivity index (χ4n) is 4.18. The van der Waals surface area contributed by atoms with Crippen LogP contribution in [0.25, 0.3) is 0 Å². The molecule has 0 aliphatic carbocycles. The largest absolute Gasteiger partial charge is 0.467 e. The maximum absolute atomic E-state index is 13.0. The molecule has 2 rings (SSSR count). The lowest BCUT2D eigenvalue weighted by Gasteiger charge is -2.43. The van der Waals surface area contributed by atoms with E-state index in [1.54, 1.807) is 20.8 Å². The van der Waals surface area contributed by atoms with Crippen molar-refractivity contribution in [1.29, 1.82) is 0 Å². The Bertz CT molecular complexity index is 1010. The van der Waals surface area contributed by atoms with Crippen LogP contribution < -0.4 is 15.7 Å². The zero-order valence-electron chi connectivity index (χ0n) is 22.7. The summed E-state index contributed by atoms with van der Waals surface area (Å²) in [4.78, 5) is 37.4. The molecule has 2 atom stereocenters. The Hall–Kier alpha value is -3.01. The van der Waals surface area contributed by atoms with Crippen LogP contribution in [0.2, 0.25) is 5.04 Å². The van der Waals surface area contributed by atoms with Crippen LogP contribution in [0.15, 0.2) is 60.7 Å². The van der Waals surface area contributed by atoms with Crippen molar-refractivity contribution < 1.29 is 33.4 Å². The quantitative estimate of drug-likeness (QED) is 0.360. The van der Waals surface area contributed by atoms with Gasteiger partial charge in [0.15, 0.2) is 5.78 Å². The lowest BCUT2D eigenvalue weighted by atomic mass is 10.1. The van der Waals surface area contributed by atoms with E-state index in [4.69, 9.17) is 13.9 Å². The summed E-state index contributed by atoms with van der Waals surface area (Å²) in [7, 11) is -1.82. The van der Waals surface area contributed by atoms with E-state index in [0.29, 0.717) is 0 Å². The molecule has 0 radical (unpaired) electrons. The molecule has 0 saturated heterocycles. The zero-order valence-corrected chi connectivity index (χ0v) is 23.7. The van der Waals surface area contributed by atoms with E-state index in [1.807, 2.05) is 60.7 Å². The van der Waals surface area contributed by atoms with Crippen LogP contribution in [0.3, 0.4) is 0 Å². The number of benzene rings is 2. The summed E-state index contributed by atoms with van der Waals surface area (Å²) in [6.45, 7) is 11.0. The fourth-order valence-corrected chi connectivity index (χ4v) is 8.74. The number of methoxy groups -OCH3 is 1. The first-order valence-corrected chi connectivity index (χ1v) is 14.1. The number of ether oxygens (including phenoxy) is 2. The minimum Gasteiger partial charge on any atom is -0.467 e. The van der Waals surface area contributed by atoms with Crippen molar-refractivity contribution in [3.63, 3.8) is 0 Å². The van der Waals surface area contributed by atoms with Gasteiger partial charge >= 0.3 is 12.1 Å². The van der Waals surface area contributed by atoms with Gasteiger partial charge in [-0.25, -0.2) is 9.59 Å². The average Bonchev–Trinajstić information content (AvgIpc) is 2.82. The Morgan fingerprint density at radius 3 is 1.78 bits per heavy atom. The first-order valence-electron chi connectivity index (χ1n) is 12.2. The third kappa shape index (κ3) is 7.98. The fraction of sp³-hybridized carbons (Fsp3) is 0.464. The number of rotatable bonds is 10. The van der Waals surface area contributed by atoms with Crippen molar-refractivity contribution >= 4 is 36.5 Å². The molecule has 0 spiro atoms. The maximum Gasteiger partial charge on any atom is 0.408 e. The maximum atomic E-state index is 13.0. The second-order valence-corrected chi connectivity index (χ2v) is 15.2. The van der Waals surface area contributed by atoms with Gasteiger partial charge in [0.2, 0.25) is 0 Å². The number of amides is 1. The molecule has 37 heavy (non-hydrogen) atoms. The summed E-state index contributed by atoms with van der Waals surface area (Å²) in [6, 6.07) is 18.4. The SMILES string of the molecule is COC(=O)[C@H](CC(=O)C(O)CO[Si](c1ccccc1)(c1ccccc1)C(C)(C)C)NC(=O)OC(C)(C)C. The summed E-state index contributed by atoms with van der Waals surface area (Å²) in [5.74, 6) is -1.48. The van der Waals surface area contributed by atoms with E-state index in [9.17, 15) is 19.5 Å². The Morgan fingerprint density at radius 2 is 1.38 bits per heavy atom. The molecule has 202 valence electrons. The molecule has 8 nitrogen and oxygen atoms in total. The number of ketones is 1. The number of aliphatic hydroxyl groups is 1. The molecule has 0 aliphatic rings. The summed E-state index contributed by atoms with van der Waals surface area (Å²) < 4.78 is 16.5. The summed E-state index contributed by atoms with van der Waals surface area (Å²) in [5, 5.41) is 14.8. The first kappa shape index (κ1) is 30.2. The standard InChI is InChI=1S/C28H39NO7Si/c1-27(2,3)36-26(33)29-22(25(32)34-7)18-23(30)24(31)19-35-37(28(4,5)6,20-14-10-8-11-15-20)21-16-12-9-13-17-21/h8-17,22,24,31H,18-19H2,1-7H3,(H,29,33)/t22-,24?/m0/s1. The van der Waals surface area contributed by atoms with Gasteiger partial charge in [-0.05, 0) is 36.2 Å². The molecule has 0 bridgehead atoms. The van der Waals surface area contributed by atoms with Gasteiger partial charge in [0.05, 0.1) is 13.7 Å². The molecule has 0 aromatic heterocycles. The van der Waals surface area contributed by atoms with E-state index in [-0.39, 0.29) is 11.6 Å². The van der Waals surface area contributed by atoms with Crippen molar-refractivity contribution in [2.45, 2.75) is 70.7 Å². The predicted molar refractivity (Wildman–Crippen MR) is 144 cm³/mol. The van der Waals surface area contributed by atoms with E-state index in [0.717, 1.165) is 17.5 Å². The highest BCUT2D eigenvalue weighted by Gasteiger charge is 2.50. The van der Waals surface area contributed by atoms with Crippen LogP contribution in [0, 0.1) is 0 Å². The van der Waals surface area contributed by atoms with Gasteiger partial charge in [-0.3, -0.25) is 4.79 Å². The first-order chi connectivity index (χ1) is 17.2. The number of carbonyl (C=O) groups excluding carboxylic acids is 3. The molecule has 0 fully saturated rings. The lowest BCUT2D eigenvalue weighted by molar-refractivity contribution is -0.145. The molecule has 0 saturated carbocycles. The lowest BCUT2D eigenvalue weighted by Crippen LogP contribution is -2.67. The molecule has 2 aromatic rings. The molecular formula is C28H39NO7Si. The number of aliphatic hydroxyl groups excluding tert-OH is 1. The predicted octanol–water partition coefficient (Wildman–Crippen LogP) is 2.95. The molecule has 2 N–H and O–H groups in total. The molecule has 0 heterocycles. The Balaban J connectivity index is 2.28. The second kappa shape index (κ2) is 12.5. The minimum atomic E-state index is -2.97. The van der Waals surface area contributed by atoms with Crippen LogP contribution in [0.5, 0.6) is 0 Å². The van der Waals surface area contributed by atoms with E-state index in [1.165, 1.54) is 0 Å². The number of hydrogen-bond donors (Lipinski definition) is 2. The average molecular weight is 530 g/mol. The van der Waals surface area contributed by atoms with Gasteiger partial charge in [-0.1, -0.05) is 81.4 Å². The van der Waals surface area contributed by atoms with Gasteiger partial charge in [0, 0.05) is 6.42 Å². The van der Waals surface area contributed by atoms with E-state index >= 15 is 0 Å². The highest BCUT2D eigenvalue weighted by molar-refractivity contribution is 6.99. The highest BCUT2D eigenvalue weighted by atomic mass is 28.4. The van der Waals surface area contributed by atoms with E-state index < -0.39 is 50.3 Å². The monoisotopic (exact) mass is 529 g/mol. The van der Waals surface area contributed by atoms with Crippen molar-refractivity contribution in [2.75, 3.05) is 13.7 Å². The smallest absolute Gasteiger partial charge is 0.408 e. The van der Waals surface area contributed by atoms with Crippen LogP contribution in [-0.4, -0.2) is 62.7 Å². The third-order valence-corrected chi connectivity index (χ3v) is 10.8. The van der Waals surface area contributed by atoms with Crippen molar-refractivity contribution in [3.8, 4) is 0 Å². The van der Waals surface area contributed by atoms with Crippen molar-refractivity contribution in [2.24, 2.45) is 0 Å². The topological polar surface area (TPSA) is 111 Å². The van der Waals surface area contributed by atoms with Gasteiger partial charge in [0.1, 0.15) is 17.7 Å². The third-order valence-electron chi connectivity index (χ3n) is 5.83.